The summed E-state index contributed by atoms with van der Waals surface area (Å²) < 4.78 is 26.3. The summed E-state index contributed by atoms with van der Waals surface area (Å²) in [6.07, 6.45) is 3.82. The van der Waals surface area contributed by atoms with Crippen LogP contribution in [0.2, 0.25) is 0 Å². The Morgan fingerprint density at radius 2 is 1.50 bits per heavy atom. The van der Waals surface area contributed by atoms with Gasteiger partial charge < -0.3 is 0 Å². The van der Waals surface area contributed by atoms with Crippen molar-refractivity contribution >= 4 is 15.7 Å². The zero-order valence-corrected chi connectivity index (χ0v) is 12.3. The van der Waals surface area contributed by atoms with Crippen molar-refractivity contribution < 1.29 is 8.42 Å². The molecule has 0 aliphatic heterocycles. The summed E-state index contributed by atoms with van der Waals surface area (Å²) in [7, 11) is -3.20. The molecule has 0 aliphatic carbocycles. The van der Waals surface area contributed by atoms with Crippen LogP contribution in [0.4, 0.5) is 5.69 Å². The van der Waals surface area contributed by atoms with Crippen LogP contribution in [0, 0.1) is 0 Å². The van der Waals surface area contributed by atoms with E-state index in [1.54, 1.807) is 6.92 Å². The highest BCUT2D eigenvalue weighted by Crippen LogP contribution is 2.25. The van der Waals surface area contributed by atoms with E-state index in [4.69, 9.17) is 0 Å². The van der Waals surface area contributed by atoms with E-state index in [1.807, 2.05) is 18.2 Å². The molecular formula is C14H23NO2S. The predicted octanol–water partition coefficient (Wildman–Crippen LogP) is 3.35. The first kappa shape index (κ1) is 15.0. The van der Waals surface area contributed by atoms with Gasteiger partial charge in [-0.1, -0.05) is 44.9 Å². The molecule has 1 N–H and O–H groups in total. The van der Waals surface area contributed by atoms with Crippen molar-refractivity contribution in [1.29, 1.82) is 0 Å². The van der Waals surface area contributed by atoms with Crippen molar-refractivity contribution in [2.45, 2.75) is 46.5 Å². The molecule has 0 saturated heterocycles. The lowest BCUT2D eigenvalue weighted by Crippen LogP contribution is -2.17. The molecule has 0 saturated carbocycles. The molecule has 0 spiro atoms. The first-order chi connectivity index (χ1) is 8.54. The van der Waals surface area contributed by atoms with Crippen molar-refractivity contribution in [3.05, 3.63) is 29.3 Å². The van der Waals surface area contributed by atoms with Gasteiger partial charge in [-0.2, -0.15) is 0 Å². The summed E-state index contributed by atoms with van der Waals surface area (Å²) in [5, 5.41) is 0. The molecule has 0 bridgehead atoms. The van der Waals surface area contributed by atoms with Gasteiger partial charge in [0.2, 0.25) is 10.0 Å². The number of hydrogen-bond acceptors (Lipinski definition) is 2. The fourth-order valence-corrected chi connectivity index (χ4v) is 2.68. The standard InChI is InChI=1S/C14H23NO2S/c1-4-8-12-10-7-11-13(9-5-2)14(12)15-18(16,17)6-3/h7,10-11,15H,4-6,8-9H2,1-3H3. The topological polar surface area (TPSA) is 46.2 Å². The molecule has 0 amide bonds. The Morgan fingerprint density at radius 3 is 1.89 bits per heavy atom. The monoisotopic (exact) mass is 269 g/mol. The minimum Gasteiger partial charge on any atom is -0.283 e. The third-order valence-electron chi connectivity index (χ3n) is 2.91. The van der Waals surface area contributed by atoms with Gasteiger partial charge in [-0.25, -0.2) is 8.42 Å². The largest absolute Gasteiger partial charge is 0.283 e. The van der Waals surface area contributed by atoms with Crippen molar-refractivity contribution in [1.82, 2.24) is 0 Å². The van der Waals surface area contributed by atoms with Crippen molar-refractivity contribution in [2.75, 3.05) is 10.5 Å². The van der Waals surface area contributed by atoms with E-state index < -0.39 is 10.0 Å². The number of aryl methyl sites for hydroxylation is 2. The average Bonchev–Trinajstić information content (AvgIpc) is 2.34. The normalized spacial score (nSPS) is 11.5. The number of hydrogen-bond donors (Lipinski definition) is 1. The number of para-hydroxylation sites is 1. The average molecular weight is 269 g/mol. The molecule has 1 aromatic rings. The van der Waals surface area contributed by atoms with Gasteiger partial charge in [-0.15, -0.1) is 0 Å². The van der Waals surface area contributed by atoms with Crippen LogP contribution in [-0.4, -0.2) is 14.2 Å². The summed E-state index contributed by atoms with van der Waals surface area (Å²) in [6.45, 7) is 5.86. The van der Waals surface area contributed by atoms with Gasteiger partial charge in [-0.3, -0.25) is 4.72 Å². The Morgan fingerprint density at radius 1 is 1.00 bits per heavy atom. The van der Waals surface area contributed by atoms with E-state index in [9.17, 15) is 8.42 Å². The van der Waals surface area contributed by atoms with Gasteiger partial charge in [0.25, 0.3) is 0 Å². The highest BCUT2D eigenvalue weighted by molar-refractivity contribution is 7.92. The van der Waals surface area contributed by atoms with Crippen molar-refractivity contribution in [3.8, 4) is 0 Å². The van der Waals surface area contributed by atoms with Crippen molar-refractivity contribution in [2.24, 2.45) is 0 Å². The van der Waals surface area contributed by atoms with E-state index >= 15 is 0 Å². The number of sulfonamides is 1. The van der Waals surface area contributed by atoms with Crippen LogP contribution < -0.4 is 4.72 Å². The third kappa shape index (κ3) is 4.02. The fraction of sp³-hybridized carbons (Fsp3) is 0.571. The number of anilines is 1. The van der Waals surface area contributed by atoms with Crippen LogP contribution in [0.5, 0.6) is 0 Å². The summed E-state index contributed by atoms with van der Waals surface area (Å²) >= 11 is 0. The van der Waals surface area contributed by atoms with E-state index in [-0.39, 0.29) is 5.75 Å². The second-order valence-corrected chi connectivity index (χ2v) is 6.47. The van der Waals surface area contributed by atoms with Gasteiger partial charge >= 0.3 is 0 Å². The molecule has 0 heterocycles. The molecule has 0 aromatic heterocycles. The maximum atomic E-state index is 11.8. The highest BCUT2D eigenvalue weighted by atomic mass is 32.2. The van der Waals surface area contributed by atoms with Crippen LogP contribution in [0.25, 0.3) is 0 Å². The van der Waals surface area contributed by atoms with Crippen LogP contribution in [0.3, 0.4) is 0 Å². The zero-order chi connectivity index (χ0) is 13.6. The molecule has 0 aliphatic rings. The van der Waals surface area contributed by atoms with Crippen molar-refractivity contribution in [3.63, 3.8) is 0 Å². The van der Waals surface area contributed by atoms with E-state index in [0.29, 0.717) is 0 Å². The minimum absolute atomic E-state index is 0.110. The molecule has 18 heavy (non-hydrogen) atoms. The van der Waals surface area contributed by atoms with Gasteiger partial charge in [0.05, 0.1) is 11.4 Å². The summed E-state index contributed by atoms with van der Waals surface area (Å²) in [5.74, 6) is 0.110. The smallest absolute Gasteiger partial charge is 0.232 e. The van der Waals surface area contributed by atoms with E-state index in [1.165, 1.54) is 0 Å². The maximum absolute atomic E-state index is 11.8. The predicted molar refractivity (Wildman–Crippen MR) is 77.5 cm³/mol. The van der Waals surface area contributed by atoms with Crippen LogP contribution in [0.15, 0.2) is 18.2 Å². The molecular weight excluding hydrogens is 246 g/mol. The van der Waals surface area contributed by atoms with Gasteiger partial charge in [0.15, 0.2) is 0 Å². The van der Waals surface area contributed by atoms with Gasteiger partial charge in [0, 0.05) is 0 Å². The number of rotatable bonds is 7. The number of nitrogens with one attached hydrogen (secondary N) is 1. The molecule has 102 valence electrons. The SMILES string of the molecule is CCCc1cccc(CCC)c1NS(=O)(=O)CC. The fourth-order valence-electron chi connectivity index (χ4n) is 1.97. The van der Waals surface area contributed by atoms with E-state index in [0.717, 1.165) is 42.5 Å². The van der Waals surface area contributed by atoms with Crippen LogP contribution in [-0.2, 0) is 22.9 Å². The summed E-state index contributed by atoms with van der Waals surface area (Å²) in [4.78, 5) is 0. The maximum Gasteiger partial charge on any atom is 0.232 e. The molecule has 0 unspecified atom stereocenters. The highest BCUT2D eigenvalue weighted by Gasteiger charge is 2.13. The summed E-state index contributed by atoms with van der Waals surface area (Å²) in [6, 6.07) is 6.03. The Labute approximate surface area is 111 Å². The molecule has 0 atom stereocenters. The lowest BCUT2D eigenvalue weighted by Gasteiger charge is -2.16. The molecule has 1 rings (SSSR count). The summed E-state index contributed by atoms with van der Waals surface area (Å²) in [5.41, 5.74) is 3.00. The Hall–Kier alpha value is -1.03. The Bertz CT molecular complexity index is 456. The number of benzene rings is 1. The first-order valence-corrected chi connectivity index (χ1v) is 8.30. The van der Waals surface area contributed by atoms with Gasteiger partial charge in [0.1, 0.15) is 0 Å². The lowest BCUT2D eigenvalue weighted by atomic mass is 10.0. The van der Waals surface area contributed by atoms with Gasteiger partial charge in [-0.05, 0) is 30.9 Å². The molecule has 3 nitrogen and oxygen atoms in total. The third-order valence-corrected chi connectivity index (χ3v) is 4.19. The van der Waals surface area contributed by atoms with Crippen LogP contribution in [0.1, 0.15) is 44.7 Å². The Kier molecular flexibility index (Phi) is 5.66. The second kappa shape index (κ2) is 6.78. The molecule has 0 radical (unpaired) electrons. The van der Waals surface area contributed by atoms with E-state index in [2.05, 4.69) is 18.6 Å². The quantitative estimate of drug-likeness (QED) is 0.825. The first-order valence-electron chi connectivity index (χ1n) is 6.65. The minimum atomic E-state index is -3.20. The Balaban J connectivity index is 3.17. The van der Waals surface area contributed by atoms with Crippen LogP contribution >= 0.6 is 0 Å². The lowest BCUT2D eigenvalue weighted by molar-refractivity contribution is 0.602. The zero-order valence-electron chi connectivity index (χ0n) is 11.5. The molecule has 4 heteroatoms. The second-order valence-electron chi connectivity index (χ2n) is 4.46. The molecule has 1 aromatic carbocycles. The molecule has 0 fully saturated rings.